The summed E-state index contributed by atoms with van der Waals surface area (Å²) in [5.41, 5.74) is 6.78. The molecule has 8 heteroatoms. The van der Waals surface area contributed by atoms with Gasteiger partial charge >= 0.3 is 0 Å². The zero-order chi connectivity index (χ0) is 17.7. The summed E-state index contributed by atoms with van der Waals surface area (Å²) in [7, 11) is 0. The first kappa shape index (κ1) is 21.7. The molecule has 1 fully saturated rings. The molecule has 2 amide bonds. The molecule has 2 N–H and O–H groups in total. The monoisotopic (exact) mass is 389 g/mol. The number of nitrogens with two attached hydrogens (primary N) is 1. The highest BCUT2D eigenvalue weighted by atomic mass is 35.5. The Bertz CT molecular complexity index is 610. The summed E-state index contributed by atoms with van der Waals surface area (Å²) < 4.78 is 13.6. The van der Waals surface area contributed by atoms with Gasteiger partial charge in [0, 0.05) is 31.7 Å². The van der Waals surface area contributed by atoms with Crippen molar-refractivity contribution >= 4 is 36.0 Å². The molecule has 1 aliphatic rings. The zero-order valence-electron chi connectivity index (χ0n) is 14.5. The van der Waals surface area contributed by atoms with E-state index in [4.69, 9.17) is 5.73 Å². The minimum atomic E-state index is -0.481. The quantitative estimate of drug-likeness (QED) is 0.835. The Kier molecular flexibility index (Phi) is 8.68. The van der Waals surface area contributed by atoms with Crippen molar-refractivity contribution in [1.82, 2.24) is 9.80 Å². The number of benzene rings is 1. The van der Waals surface area contributed by atoms with E-state index in [1.54, 1.807) is 40.6 Å². The van der Waals surface area contributed by atoms with E-state index in [0.717, 1.165) is 5.75 Å². The van der Waals surface area contributed by atoms with Crippen LogP contribution in [0.3, 0.4) is 0 Å². The lowest BCUT2D eigenvalue weighted by atomic mass is 10.1. The number of hydrogen-bond donors (Lipinski definition) is 1. The highest BCUT2D eigenvalue weighted by Crippen LogP contribution is 2.14. The van der Waals surface area contributed by atoms with Crippen LogP contribution in [0, 0.1) is 12.7 Å². The zero-order valence-corrected chi connectivity index (χ0v) is 16.2. The van der Waals surface area contributed by atoms with Crippen molar-refractivity contribution in [2.45, 2.75) is 19.4 Å². The molecule has 0 aliphatic carbocycles. The fourth-order valence-corrected chi connectivity index (χ4v) is 3.13. The molecule has 5 nitrogen and oxygen atoms in total. The number of halogens is 2. The van der Waals surface area contributed by atoms with E-state index in [-0.39, 0.29) is 30.0 Å². The van der Waals surface area contributed by atoms with E-state index >= 15 is 0 Å². The second-order valence-corrected chi connectivity index (χ2v) is 6.96. The Morgan fingerprint density at radius 2 is 1.84 bits per heavy atom. The Labute approximate surface area is 158 Å². The number of carbonyl (C=O) groups excluding carboxylic acids is 2. The van der Waals surface area contributed by atoms with Gasteiger partial charge in [-0.1, -0.05) is 6.07 Å². The van der Waals surface area contributed by atoms with E-state index < -0.39 is 6.04 Å². The summed E-state index contributed by atoms with van der Waals surface area (Å²) in [4.78, 5) is 28.1. The largest absolute Gasteiger partial charge is 0.338 e. The Morgan fingerprint density at radius 1 is 1.24 bits per heavy atom. The van der Waals surface area contributed by atoms with Gasteiger partial charge in [-0.15, -0.1) is 12.4 Å². The molecule has 0 aromatic heterocycles. The molecule has 1 heterocycles. The van der Waals surface area contributed by atoms with Crippen LogP contribution in [0.1, 0.15) is 22.3 Å². The minimum Gasteiger partial charge on any atom is -0.338 e. The summed E-state index contributed by atoms with van der Waals surface area (Å²) in [6.45, 7) is 3.47. The summed E-state index contributed by atoms with van der Waals surface area (Å²) in [5.74, 6) is 0.212. The van der Waals surface area contributed by atoms with Gasteiger partial charge in [-0.2, -0.15) is 11.8 Å². The molecule has 1 atom stereocenters. The first-order valence-electron chi connectivity index (χ1n) is 8.02. The number of amides is 2. The maximum atomic E-state index is 13.6. The smallest absolute Gasteiger partial charge is 0.254 e. The lowest BCUT2D eigenvalue weighted by Crippen LogP contribution is -2.54. The second-order valence-electron chi connectivity index (χ2n) is 5.97. The number of thioether (sulfide) groups is 1. The third kappa shape index (κ3) is 5.59. The van der Waals surface area contributed by atoms with Crippen LogP contribution in [-0.4, -0.2) is 65.8 Å². The molecule has 0 radical (unpaired) electrons. The third-order valence-corrected chi connectivity index (χ3v) is 4.89. The van der Waals surface area contributed by atoms with Crippen LogP contribution in [0.25, 0.3) is 0 Å². The normalized spacial score (nSPS) is 15.5. The van der Waals surface area contributed by atoms with E-state index in [1.165, 1.54) is 6.07 Å². The van der Waals surface area contributed by atoms with Gasteiger partial charge in [-0.3, -0.25) is 9.59 Å². The van der Waals surface area contributed by atoms with E-state index in [9.17, 15) is 14.0 Å². The number of piperazine rings is 1. The van der Waals surface area contributed by atoms with Crippen LogP contribution in [0.5, 0.6) is 0 Å². The Balaban J connectivity index is 0.00000312. The maximum absolute atomic E-state index is 13.6. The van der Waals surface area contributed by atoms with Crippen LogP contribution < -0.4 is 5.73 Å². The summed E-state index contributed by atoms with van der Waals surface area (Å²) >= 11 is 1.66. The van der Waals surface area contributed by atoms with Gasteiger partial charge in [-0.05, 0) is 43.0 Å². The fourth-order valence-electron chi connectivity index (χ4n) is 2.64. The molecule has 0 unspecified atom stereocenters. The van der Waals surface area contributed by atoms with Gasteiger partial charge in [0.15, 0.2) is 0 Å². The predicted molar refractivity (Wildman–Crippen MR) is 102 cm³/mol. The van der Waals surface area contributed by atoms with Gasteiger partial charge < -0.3 is 15.5 Å². The number of carbonyl (C=O) groups is 2. The lowest BCUT2D eigenvalue weighted by Gasteiger charge is -2.36. The van der Waals surface area contributed by atoms with Crippen LogP contribution in [0.2, 0.25) is 0 Å². The fraction of sp³-hybridized carbons (Fsp3) is 0.529. The van der Waals surface area contributed by atoms with Crippen LogP contribution in [0.4, 0.5) is 4.39 Å². The average molecular weight is 390 g/mol. The maximum Gasteiger partial charge on any atom is 0.254 e. The van der Waals surface area contributed by atoms with Crippen molar-refractivity contribution in [3.05, 3.63) is 35.1 Å². The summed E-state index contributed by atoms with van der Waals surface area (Å²) in [5, 5.41) is 0. The number of rotatable bonds is 5. The van der Waals surface area contributed by atoms with Gasteiger partial charge in [0.1, 0.15) is 5.82 Å². The molecule has 1 aromatic carbocycles. The summed E-state index contributed by atoms with van der Waals surface area (Å²) in [6.07, 6.45) is 2.64. The number of aryl methyl sites for hydroxylation is 1. The van der Waals surface area contributed by atoms with Crippen LogP contribution >= 0.6 is 24.2 Å². The van der Waals surface area contributed by atoms with Gasteiger partial charge in [0.25, 0.3) is 5.91 Å². The molecular formula is C17H25ClFN3O2S. The predicted octanol–water partition coefficient (Wildman–Crippen LogP) is 1.92. The first-order valence-corrected chi connectivity index (χ1v) is 9.42. The highest BCUT2D eigenvalue weighted by Gasteiger charge is 2.27. The topological polar surface area (TPSA) is 66.6 Å². The first-order chi connectivity index (χ1) is 11.4. The molecule has 1 aliphatic heterocycles. The van der Waals surface area contributed by atoms with Crippen LogP contribution in [0.15, 0.2) is 18.2 Å². The molecule has 1 saturated heterocycles. The molecule has 140 valence electrons. The molecular weight excluding hydrogens is 365 g/mol. The van der Waals surface area contributed by atoms with Crippen molar-refractivity contribution in [3.63, 3.8) is 0 Å². The van der Waals surface area contributed by atoms with Crippen molar-refractivity contribution < 1.29 is 14.0 Å². The van der Waals surface area contributed by atoms with Crippen molar-refractivity contribution in [2.24, 2.45) is 5.73 Å². The Hall–Kier alpha value is -1.31. The molecule has 1 aromatic rings. The van der Waals surface area contributed by atoms with Crippen molar-refractivity contribution in [2.75, 3.05) is 38.2 Å². The molecule has 2 rings (SSSR count). The molecule has 0 saturated carbocycles. The van der Waals surface area contributed by atoms with Gasteiger partial charge in [0.05, 0.1) is 6.04 Å². The summed E-state index contributed by atoms with van der Waals surface area (Å²) in [6, 6.07) is 4.03. The highest BCUT2D eigenvalue weighted by molar-refractivity contribution is 7.98. The number of hydrogen-bond acceptors (Lipinski definition) is 4. The standard InChI is InChI=1S/C17H24FN3O2S.ClH/c1-12-3-4-13(11-14(12)18)16(22)20-6-8-21(9-7-20)17(23)15(19)5-10-24-2;/h3-4,11,15H,5-10,19H2,1-2H3;1H/t15-;/m0./s1. The lowest BCUT2D eigenvalue weighted by molar-refractivity contribution is -0.134. The van der Waals surface area contributed by atoms with Gasteiger partial charge in [0.2, 0.25) is 5.91 Å². The Morgan fingerprint density at radius 3 is 2.40 bits per heavy atom. The van der Waals surface area contributed by atoms with Crippen molar-refractivity contribution in [3.8, 4) is 0 Å². The molecule has 0 spiro atoms. The van der Waals surface area contributed by atoms with Crippen molar-refractivity contribution in [1.29, 1.82) is 0 Å². The SMILES string of the molecule is CSCC[C@H](N)C(=O)N1CCN(C(=O)c2ccc(C)c(F)c2)CC1.Cl. The number of nitrogens with zero attached hydrogens (tertiary/aromatic N) is 2. The van der Waals surface area contributed by atoms with E-state index in [2.05, 4.69) is 0 Å². The second kappa shape index (κ2) is 9.99. The third-order valence-electron chi connectivity index (χ3n) is 4.25. The van der Waals surface area contributed by atoms with E-state index in [0.29, 0.717) is 43.7 Å². The molecule has 25 heavy (non-hydrogen) atoms. The van der Waals surface area contributed by atoms with E-state index in [1.807, 2.05) is 6.26 Å². The minimum absolute atomic E-state index is 0. The van der Waals surface area contributed by atoms with Gasteiger partial charge in [-0.25, -0.2) is 4.39 Å². The van der Waals surface area contributed by atoms with Crippen LogP contribution in [-0.2, 0) is 4.79 Å². The average Bonchev–Trinajstić information content (AvgIpc) is 2.60. The molecule has 0 bridgehead atoms.